The molecule has 19 heavy (non-hydrogen) atoms. The molecule has 0 saturated heterocycles. The Morgan fingerprint density at radius 3 is 2.68 bits per heavy atom. The Kier molecular flexibility index (Phi) is 3.67. The van der Waals surface area contributed by atoms with Crippen LogP contribution in [-0.2, 0) is 0 Å². The smallest absolute Gasteiger partial charge is 0.129 e. The van der Waals surface area contributed by atoms with Crippen LogP contribution in [0.2, 0.25) is 0 Å². The lowest BCUT2D eigenvalue weighted by Gasteiger charge is -2.25. The van der Waals surface area contributed by atoms with Gasteiger partial charge in [0.1, 0.15) is 5.82 Å². The minimum atomic E-state index is 0.869. The molecule has 1 aromatic carbocycles. The number of benzene rings is 1. The van der Waals surface area contributed by atoms with Gasteiger partial charge in [0.25, 0.3) is 0 Å². The molecule has 0 radical (unpaired) electrons. The first-order valence-electron chi connectivity index (χ1n) is 7.47. The third-order valence-electron chi connectivity index (χ3n) is 4.24. The van der Waals surface area contributed by atoms with Crippen LogP contribution in [0.5, 0.6) is 0 Å². The molecule has 0 bridgehead atoms. The number of hydrogen-bond donors (Lipinski definition) is 0. The summed E-state index contributed by atoms with van der Waals surface area (Å²) in [6.07, 6.45) is 5.61. The summed E-state index contributed by atoms with van der Waals surface area (Å²) in [7, 11) is 0. The second-order valence-electron chi connectivity index (χ2n) is 5.55. The number of nitrogens with zero attached hydrogens (tertiary/aromatic N) is 2. The molecule has 0 spiro atoms. The van der Waals surface area contributed by atoms with Gasteiger partial charge in [-0.15, -0.1) is 0 Å². The monoisotopic (exact) mass is 254 g/mol. The zero-order chi connectivity index (χ0) is 13.1. The quantitative estimate of drug-likeness (QED) is 0.810. The topological polar surface area (TPSA) is 16.1 Å². The summed E-state index contributed by atoms with van der Waals surface area (Å²) >= 11 is 0. The van der Waals surface area contributed by atoms with E-state index in [4.69, 9.17) is 4.98 Å². The second kappa shape index (κ2) is 5.60. The first-order chi connectivity index (χ1) is 9.36. The number of anilines is 1. The Morgan fingerprint density at radius 1 is 1.11 bits per heavy atom. The second-order valence-corrected chi connectivity index (χ2v) is 5.55. The molecule has 2 nitrogen and oxygen atoms in total. The molecule has 1 aliphatic rings. The molecule has 3 rings (SSSR count). The Balaban J connectivity index is 1.83. The van der Waals surface area contributed by atoms with Gasteiger partial charge >= 0.3 is 0 Å². The molecule has 1 fully saturated rings. The standard InChI is InChI=1S/C17H22N2/c1-2-19(13-14-7-3-4-8-14)17-12-11-15-9-5-6-10-16(15)18-17/h5-6,9-12,14H,2-4,7-8,13H2,1H3. The molecular formula is C17H22N2. The van der Waals surface area contributed by atoms with Crippen molar-refractivity contribution in [3.8, 4) is 0 Å². The third-order valence-corrected chi connectivity index (χ3v) is 4.24. The van der Waals surface area contributed by atoms with Gasteiger partial charge < -0.3 is 4.90 Å². The highest BCUT2D eigenvalue weighted by molar-refractivity contribution is 5.80. The maximum absolute atomic E-state index is 4.81. The van der Waals surface area contributed by atoms with Crippen molar-refractivity contribution >= 4 is 16.7 Å². The summed E-state index contributed by atoms with van der Waals surface area (Å²) in [5, 5.41) is 1.23. The normalized spacial score (nSPS) is 16.1. The maximum atomic E-state index is 4.81. The zero-order valence-corrected chi connectivity index (χ0v) is 11.7. The summed E-state index contributed by atoms with van der Waals surface area (Å²) in [5.74, 6) is 2.00. The lowest BCUT2D eigenvalue weighted by Crippen LogP contribution is -2.29. The Hall–Kier alpha value is -1.57. The molecule has 0 amide bonds. The predicted molar refractivity (Wildman–Crippen MR) is 81.6 cm³/mol. The van der Waals surface area contributed by atoms with Gasteiger partial charge in [-0.2, -0.15) is 0 Å². The molecule has 0 unspecified atom stereocenters. The molecule has 1 aliphatic carbocycles. The van der Waals surface area contributed by atoms with Crippen molar-refractivity contribution in [2.24, 2.45) is 5.92 Å². The molecule has 100 valence electrons. The van der Waals surface area contributed by atoms with E-state index < -0.39 is 0 Å². The van der Waals surface area contributed by atoms with Crippen molar-refractivity contribution in [3.63, 3.8) is 0 Å². The zero-order valence-electron chi connectivity index (χ0n) is 11.7. The summed E-state index contributed by atoms with van der Waals surface area (Å²) in [6.45, 7) is 4.44. The lowest BCUT2D eigenvalue weighted by atomic mass is 10.1. The SMILES string of the molecule is CCN(CC1CCCC1)c1ccc2ccccc2n1. The fourth-order valence-corrected chi connectivity index (χ4v) is 3.12. The number of aromatic nitrogens is 1. The number of para-hydroxylation sites is 1. The molecule has 0 N–H and O–H groups in total. The molecule has 0 atom stereocenters. The van der Waals surface area contributed by atoms with E-state index in [1.54, 1.807) is 0 Å². The summed E-state index contributed by atoms with van der Waals surface area (Å²) in [5.41, 5.74) is 1.10. The molecule has 1 saturated carbocycles. The van der Waals surface area contributed by atoms with Crippen LogP contribution in [0.4, 0.5) is 5.82 Å². The van der Waals surface area contributed by atoms with Crippen LogP contribution in [0.1, 0.15) is 32.6 Å². The van der Waals surface area contributed by atoms with Gasteiger partial charge in [0.15, 0.2) is 0 Å². The van der Waals surface area contributed by atoms with Crippen LogP contribution >= 0.6 is 0 Å². The Morgan fingerprint density at radius 2 is 1.89 bits per heavy atom. The van der Waals surface area contributed by atoms with E-state index >= 15 is 0 Å². The summed E-state index contributed by atoms with van der Waals surface area (Å²) in [4.78, 5) is 7.25. The van der Waals surface area contributed by atoms with E-state index in [0.29, 0.717) is 0 Å². The van der Waals surface area contributed by atoms with Crippen LogP contribution in [0.3, 0.4) is 0 Å². The van der Waals surface area contributed by atoms with Crippen molar-refractivity contribution < 1.29 is 0 Å². The van der Waals surface area contributed by atoms with Crippen LogP contribution in [0.15, 0.2) is 36.4 Å². The van der Waals surface area contributed by atoms with Crippen molar-refractivity contribution in [1.82, 2.24) is 4.98 Å². The van der Waals surface area contributed by atoms with Gasteiger partial charge in [-0.05, 0) is 43.9 Å². The van der Waals surface area contributed by atoms with Crippen LogP contribution in [-0.4, -0.2) is 18.1 Å². The van der Waals surface area contributed by atoms with Crippen LogP contribution < -0.4 is 4.90 Å². The fourth-order valence-electron chi connectivity index (χ4n) is 3.12. The predicted octanol–water partition coefficient (Wildman–Crippen LogP) is 4.25. The number of fused-ring (bicyclic) bond motifs is 1. The molecule has 1 heterocycles. The van der Waals surface area contributed by atoms with Gasteiger partial charge in [0, 0.05) is 18.5 Å². The summed E-state index contributed by atoms with van der Waals surface area (Å²) < 4.78 is 0. The molecule has 2 heteroatoms. The van der Waals surface area contributed by atoms with E-state index in [1.165, 1.54) is 37.6 Å². The highest BCUT2D eigenvalue weighted by Gasteiger charge is 2.18. The van der Waals surface area contributed by atoms with Crippen LogP contribution in [0.25, 0.3) is 10.9 Å². The molecular weight excluding hydrogens is 232 g/mol. The maximum Gasteiger partial charge on any atom is 0.129 e. The Bertz CT molecular complexity index is 544. The molecule has 1 aromatic heterocycles. The van der Waals surface area contributed by atoms with Crippen molar-refractivity contribution in [2.75, 3.05) is 18.0 Å². The first kappa shape index (κ1) is 12.5. The number of hydrogen-bond acceptors (Lipinski definition) is 2. The average molecular weight is 254 g/mol. The third kappa shape index (κ3) is 2.73. The van der Waals surface area contributed by atoms with E-state index in [1.807, 2.05) is 0 Å². The number of pyridine rings is 1. The first-order valence-corrected chi connectivity index (χ1v) is 7.47. The van der Waals surface area contributed by atoms with E-state index in [0.717, 1.165) is 23.8 Å². The highest BCUT2D eigenvalue weighted by atomic mass is 15.2. The minimum absolute atomic E-state index is 0.869. The van der Waals surface area contributed by atoms with Gasteiger partial charge in [0.05, 0.1) is 5.52 Å². The van der Waals surface area contributed by atoms with E-state index in [-0.39, 0.29) is 0 Å². The summed E-state index contributed by atoms with van der Waals surface area (Å²) in [6, 6.07) is 12.7. The number of rotatable bonds is 4. The minimum Gasteiger partial charge on any atom is -0.357 e. The van der Waals surface area contributed by atoms with Crippen LogP contribution in [0, 0.1) is 5.92 Å². The van der Waals surface area contributed by atoms with Crippen molar-refractivity contribution in [3.05, 3.63) is 36.4 Å². The van der Waals surface area contributed by atoms with E-state index in [9.17, 15) is 0 Å². The van der Waals surface area contributed by atoms with Crippen molar-refractivity contribution in [2.45, 2.75) is 32.6 Å². The molecule has 0 aliphatic heterocycles. The van der Waals surface area contributed by atoms with E-state index in [2.05, 4.69) is 48.2 Å². The average Bonchev–Trinajstić information content (AvgIpc) is 2.97. The Labute approximate surface area is 115 Å². The van der Waals surface area contributed by atoms with Gasteiger partial charge in [-0.3, -0.25) is 0 Å². The largest absolute Gasteiger partial charge is 0.357 e. The lowest BCUT2D eigenvalue weighted by molar-refractivity contribution is 0.534. The van der Waals surface area contributed by atoms with Gasteiger partial charge in [-0.25, -0.2) is 4.98 Å². The molecule has 2 aromatic rings. The van der Waals surface area contributed by atoms with Crippen molar-refractivity contribution in [1.29, 1.82) is 0 Å². The fraction of sp³-hybridized carbons (Fsp3) is 0.471. The van der Waals surface area contributed by atoms with Gasteiger partial charge in [-0.1, -0.05) is 31.0 Å². The highest BCUT2D eigenvalue weighted by Crippen LogP contribution is 2.27. The van der Waals surface area contributed by atoms with Gasteiger partial charge in [0.2, 0.25) is 0 Å².